The number of carbonyl (C=O) groups is 1. The Hall–Kier alpha value is -3.56. The molecule has 1 fully saturated rings. The van der Waals surface area contributed by atoms with Gasteiger partial charge in [-0.3, -0.25) is 5.01 Å². The number of carboxylic acids is 1. The van der Waals surface area contributed by atoms with Crippen molar-refractivity contribution < 1.29 is 14.3 Å². The van der Waals surface area contributed by atoms with Gasteiger partial charge in [-0.05, 0) is 60.7 Å². The van der Waals surface area contributed by atoms with E-state index in [1.165, 1.54) is 0 Å². The number of hydrogen-bond acceptors (Lipinski definition) is 5. The average Bonchev–Trinajstić information content (AvgIpc) is 3.10. The van der Waals surface area contributed by atoms with Crippen molar-refractivity contribution in [3.8, 4) is 6.07 Å². The van der Waals surface area contributed by atoms with Crippen molar-refractivity contribution in [1.82, 2.24) is 0 Å². The molecule has 3 aliphatic rings. The van der Waals surface area contributed by atoms with Crippen molar-refractivity contribution in [2.24, 2.45) is 16.4 Å². The minimum Gasteiger partial charge on any atom is -0.478 e. The first-order chi connectivity index (χ1) is 15.0. The van der Waals surface area contributed by atoms with Crippen molar-refractivity contribution in [3.63, 3.8) is 0 Å². The van der Waals surface area contributed by atoms with Gasteiger partial charge in [0.1, 0.15) is 6.07 Å². The van der Waals surface area contributed by atoms with Crippen LogP contribution in [0.1, 0.15) is 45.1 Å². The molecule has 31 heavy (non-hydrogen) atoms. The number of furan rings is 1. The van der Waals surface area contributed by atoms with Crippen LogP contribution in [-0.4, -0.2) is 16.8 Å². The van der Waals surface area contributed by atoms with E-state index < -0.39 is 5.97 Å². The Bertz CT molecular complexity index is 1320. The Morgan fingerprint density at radius 3 is 2.87 bits per heavy atom. The summed E-state index contributed by atoms with van der Waals surface area (Å²) in [6.45, 7) is 0. The van der Waals surface area contributed by atoms with Crippen molar-refractivity contribution >= 4 is 29.0 Å². The van der Waals surface area contributed by atoms with Gasteiger partial charge in [-0.25, -0.2) is 4.79 Å². The van der Waals surface area contributed by atoms with Crippen LogP contribution in [0.4, 0.5) is 5.69 Å². The Balaban J connectivity index is 1.53. The van der Waals surface area contributed by atoms with Gasteiger partial charge in [0.15, 0.2) is 0 Å². The Labute approximate surface area is 183 Å². The number of hydrogen-bond donors (Lipinski definition) is 1. The molecule has 3 atom stereocenters. The molecule has 2 unspecified atom stereocenters. The number of fused-ring (bicyclic) bond motifs is 2. The first-order valence-electron chi connectivity index (χ1n) is 9.99. The van der Waals surface area contributed by atoms with Gasteiger partial charge in [-0.1, -0.05) is 17.7 Å². The third-order valence-electron chi connectivity index (χ3n) is 6.80. The highest BCUT2D eigenvalue weighted by Gasteiger charge is 2.69. The minimum atomic E-state index is -0.922. The average molecular weight is 430 g/mol. The van der Waals surface area contributed by atoms with Gasteiger partial charge in [0.2, 0.25) is 0 Å². The molecule has 2 aliphatic carbocycles. The maximum atomic E-state index is 11.4. The summed E-state index contributed by atoms with van der Waals surface area (Å²) >= 11 is 6.33. The number of carboxylic acid groups (broad SMARTS) is 1. The van der Waals surface area contributed by atoms with E-state index in [4.69, 9.17) is 21.1 Å². The van der Waals surface area contributed by atoms with Crippen LogP contribution in [0.3, 0.4) is 0 Å². The van der Waals surface area contributed by atoms with E-state index >= 15 is 0 Å². The topological polar surface area (TPSA) is 89.8 Å². The first-order valence-corrected chi connectivity index (χ1v) is 10.4. The SMILES string of the molecule is N#Cc1ccc(N2N=C3c4ccc(C(=O)O)cc4CC4CC34[C@@H]2c2ccoc2)cc1Cl. The number of rotatable bonds is 3. The van der Waals surface area contributed by atoms with Crippen LogP contribution in [0.2, 0.25) is 5.02 Å². The van der Waals surface area contributed by atoms with Gasteiger partial charge in [0, 0.05) is 16.5 Å². The largest absolute Gasteiger partial charge is 0.478 e. The second-order valence-electron chi connectivity index (χ2n) is 8.35. The summed E-state index contributed by atoms with van der Waals surface area (Å²) in [6.07, 6.45) is 5.22. The number of nitrogens with zero attached hydrogens (tertiary/aromatic N) is 3. The molecule has 6 rings (SSSR count). The molecular weight excluding hydrogens is 414 g/mol. The van der Waals surface area contributed by atoms with E-state index in [9.17, 15) is 15.2 Å². The summed E-state index contributed by atoms with van der Waals surface area (Å²) in [5.41, 5.74) is 5.44. The molecule has 1 aliphatic heterocycles. The van der Waals surface area contributed by atoms with Gasteiger partial charge in [-0.2, -0.15) is 10.4 Å². The van der Waals surface area contributed by atoms with Crippen LogP contribution in [0, 0.1) is 22.7 Å². The Kier molecular flexibility index (Phi) is 3.66. The molecule has 2 heterocycles. The highest BCUT2D eigenvalue weighted by atomic mass is 35.5. The zero-order valence-electron chi connectivity index (χ0n) is 16.2. The van der Waals surface area contributed by atoms with E-state index in [1.807, 2.05) is 23.2 Å². The number of aromatic carboxylic acids is 1. The number of anilines is 1. The van der Waals surface area contributed by atoms with E-state index in [1.54, 1.807) is 36.8 Å². The van der Waals surface area contributed by atoms with Crippen molar-refractivity contribution in [2.75, 3.05) is 5.01 Å². The molecule has 3 aromatic rings. The first kappa shape index (κ1) is 18.2. The molecule has 0 radical (unpaired) electrons. The summed E-state index contributed by atoms with van der Waals surface area (Å²) in [4.78, 5) is 11.4. The predicted molar refractivity (Wildman–Crippen MR) is 114 cm³/mol. The lowest BCUT2D eigenvalue weighted by Gasteiger charge is -2.30. The number of benzene rings is 2. The van der Waals surface area contributed by atoms with Gasteiger partial charge in [0.05, 0.1) is 46.1 Å². The predicted octanol–water partition coefficient (Wildman–Crippen LogP) is 5.03. The number of halogens is 1. The normalized spacial score (nSPS) is 25.2. The maximum absolute atomic E-state index is 11.4. The summed E-state index contributed by atoms with van der Waals surface area (Å²) in [7, 11) is 0. The van der Waals surface area contributed by atoms with Crippen LogP contribution in [0.15, 0.2) is 64.5 Å². The molecule has 1 spiro atoms. The molecule has 1 aromatic heterocycles. The van der Waals surface area contributed by atoms with E-state index in [2.05, 4.69) is 6.07 Å². The fourth-order valence-electron chi connectivity index (χ4n) is 5.34. The van der Waals surface area contributed by atoms with Crippen molar-refractivity contribution in [2.45, 2.75) is 18.9 Å². The summed E-state index contributed by atoms with van der Waals surface area (Å²) in [5, 5.41) is 26.1. The van der Waals surface area contributed by atoms with E-state index in [-0.39, 0.29) is 11.5 Å². The molecular formula is C24H16ClN3O3. The van der Waals surface area contributed by atoms with Crippen LogP contribution in [0.5, 0.6) is 0 Å². The number of nitriles is 1. The molecule has 2 aromatic carbocycles. The molecule has 1 N–H and O–H groups in total. The molecule has 0 saturated heterocycles. The summed E-state index contributed by atoms with van der Waals surface area (Å²) in [5.74, 6) is -0.546. The van der Waals surface area contributed by atoms with Gasteiger partial charge in [0.25, 0.3) is 0 Å². The standard InChI is InChI=1S/C24H16ClN3O3/c25-20-9-18(3-1-14(20)11-26)28-22(15-5-6-31-12-15)24-10-17(24)8-16-7-13(23(29)30)2-4-19(16)21(24)27-28/h1-7,9,12,17,22H,8,10H2,(H,29,30)/t17?,22-,24?/m0/s1. The Morgan fingerprint density at radius 1 is 1.29 bits per heavy atom. The third-order valence-corrected chi connectivity index (χ3v) is 7.12. The fourth-order valence-corrected chi connectivity index (χ4v) is 5.56. The highest BCUT2D eigenvalue weighted by Crippen LogP contribution is 2.70. The van der Waals surface area contributed by atoms with E-state index in [0.29, 0.717) is 22.1 Å². The van der Waals surface area contributed by atoms with Gasteiger partial charge >= 0.3 is 5.97 Å². The van der Waals surface area contributed by atoms with Crippen LogP contribution < -0.4 is 5.01 Å². The molecule has 152 valence electrons. The van der Waals surface area contributed by atoms with Crippen LogP contribution in [0.25, 0.3) is 0 Å². The van der Waals surface area contributed by atoms with Crippen LogP contribution >= 0.6 is 11.6 Å². The molecule has 0 bridgehead atoms. The summed E-state index contributed by atoms with van der Waals surface area (Å²) in [6, 6.07) is 14.7. The molecule has 6 nitrogen and oxygen atoms in total. The fraction of sp³-hybridized carbons (Fsp3) is 0.208. The summed E-state index contributed by atoms with van der Waals surface area (Å²) < 4.78 is 5.41. The third kappa shape index (κ3) is 2.44. The van der Waals surface area contributed by atoms with Crippen molar-refractivity contribution in [3.05, 3.63) is 87.8 Å². The molecule has 0 amide bonds. The Morgan fingerprint density at radius 2 is 2.16 bits per heavy atom. The zero-order valence-corrected chi connectivity index (χ0v) is 17.0. The zero-order chi connectivity index (χ0) is 21.3. The smallest absolute Gasteiger partial charge is 0.335 e. The van der Waals surface area contributed by atoms with E-state index in [0.717, 1.165) is 40.9 Å². The van der Waals surface area contributed by atoms with Crippen LogP contribution in [-0.2, 0) is 6.42 Å². The minimum absolute atomic E-state index is 0.0532. The monoisotopic (exact) mass is 429 g/mol. The number of hydrazone groups is 1. The highest BCUT2D eigenvalue weighted by molar-refractivity contribution is 6.32. The maximum Gasteiger partial charge on any atom is 0.335 e. The quantitative estimate of drug-likeness (QED) is 0.630. The molecule has 1 saturated carbocycles. The lowest BCUT2D eigenvalue weighted by molar-refractivity contribution is 0.0696. The second-order valence-corrected chi connectivity index (χ2v) is 8.76. The lowest BCUT2D eigenvalue weighted by Crippen LogP contribution is -2.31. The van der Waals surface area contributed by atoms with Gasteiger partial charge < -0.3 is 9.52 Å². The van der Waals surface area contributed by atoms with Gasteiger partial charge in [-0.15, -0.1) is 0 Å². The second kappa shape index (κ2) is 6.22. The molecule has 7 heteroatoms. The van der Waals surface area contributed by atoms with Crippen molar-refractivity contribution in [1.29, 1.82) is 5.26 Å². The lowest BCUT2D eigenvalue weighted by atomic mass is 9.76.